The molecule has 2 N–H and O–H groups in total. The predicted molar refractivity (Wildman–Crippen MR) is 100 cm³/mol. The number of sulfonamides is 1. The van der Waals surface area contributed by atoms with Crippen molar-refractivity contribution in [1.82, 2.24) is 10.0 Å². The lowest BCUT2D eigenvalue weighted by molar-refractivity contribution is -0.124. The Morgan fingerprint density at radius 1 is 1.07 bits per heavy atom. The van der Waals surface area contributed by atoms with Crippen molar-refractivity contribution >= 4 is 21.9 Å². The maximum Gasteiger partial charge on any atom is 0.338 e. The summed E-state index contributed by atoms with van der Waals surface area (Å²) >= 11 is 0. The van der Waals surface area contributed by atoms with Crippen LogP contribution in [0.25, 0.3) is 0 Å². The van der Waals surface area contributed by atoms with Gasteiger partial charge in [0.05, 0.1) is 10.5 Å². The lowest BCUT2D eigenvalue weighted by Crippen LogP contribution is -2.28. The quantitative estimate of drug-likeness (QED) is 0.488. The van der Waals surface area contributed by atoms with E-state index in [1.165, 1.54) is 54.6 Å². The minimum Gasteiger partial charge on any atom is -0.452 e. The molecule has 0 unspecified atom stereocenters. The molecule has 1 amide bonds. The molecule has 0 saturated carbocycles. The molecule has 2 aromatic rings. The summed E-state index contributed by atoms with van der Waals surface area (Å²) in [6.45, 7) is 3.18. The summed E-state index contributed by atoms with van der Waals surface area (Å²) in [6, 6.07) is 10.7. The van der Waals surface area contributed by atoms with E-state index < -0.39 is 28.5 Å². The maximum atomic E-state index is 12.8. The number of carbonyl (C=O) groups is 2. The molecular formula is C19H19FN2O5S. The fourth-order valence-electron chi connectivity index (χ4n) is 2.09. The van der Waals surface area contributed by atoms with Crippen LogP contribution in [0.2, 0.25) is 0 Å². The molecule has 0 aliphatic rings. The van der Waals surface area contributed by atoms with Gasteiger partial charge in [0.25, 0.3) is 5.91 Å². The summed E-state index contributed by atoms with van der Waals surface area (Å²) in [5, 5.41) is 2.54. The van der Waals surface area contributed by atoms with E-state index in [0.717, 1.165) is 0 Å². The van der Waals surface area contributed by atoms with E-state index in [9.17, 15) is 22.4 Å². The molecule has 148 valence electrons. The summed E-state index contributed by atoms with van der Waals surface area (Å²) in [4.78, 5) is 23.7. The van der Waals surface area contributed by atoms with Gasteiger partial charge in [-0.3, -0.25) is 4.79 Å². The van der Waals surface area contributed by atoms with Crippen LogP contribution in [-0.2, 0) is 26.1 Å². The van der Waals surface area contributed by atoms with Crippen LogP contribution in [0, 0.1) is 5.82 Å². The zero-order chi connectivity index (χ0) is 20.6. The van der Waals surface area contributed by atoms with Gasteiger partial charge >= 0.3 is 5.97 Å². The van der Waals surface area contributed by atoms with Crippen molar-refractivity contribution in [3.8, 4) is 0 Å². The van der Waals surface area contributed by atoms with Gasteiger partial charge in [-0.1, -0.05) is 18.2 Å². The molecule has 0 spiro atoms. The van der Waals surface area contributed by atoms with Crippen LogP contribution in [0.15, 0.2) is 66.1 Å². The second-order valence-corrected chi connectivity index (χ2v) is 7.41. The molecule has 0 saturated heterocycles. The lowest BCUT2D eigenvalue weighted by Gasteiger charge is -2.08. The molecule has 9 heteroatoms. The number of carbonyl (C=O) groups excluding carboxylic acids is 2. The topological polar surface area (TPSA) is 102 Å². The molecule has 0 atom stereocenters. The van der Waals surface area contributed by atoms with Crippen LogP contribution >= 0.6 is 0 Å². The van der Waals surface area contributed by atoms with E-state index in [4.69, 9.17) is 4.74 Å². The third-order valence-corrected chi connectivity index (χ3v) is 4.99. The Morgan fingerprint density at radius 3 is 2.32 bits per heavy atom. The average Bonchev–Trinajstić information content (AvgIpc) is 2.70. The predicted octanol–water partition coefficient (Wildman–Crippen LogP) is 1.76. The van der Waals surface area contributed by atoms with Crippen LogP contribution in [0.5, 0.6) is 0 Å². The van der Waals surface area contributed by atoms with Crippen molar-refractivity contribution in [2.45, 2.75) is 11.4 Å². The Kier molecular flexibility index (Phi) is 7.42. The molecule has 0 aromatic heterocycles. The minimum atomic E-state index is -3.69. The van der Waals surface area contributed by atoms with Crippen molar-refractivity contribution in [3.63, 3.8) is 0 Å². The van der Waals surface area contributed by atoms with Crippen molar-refractivity contribution in [2.24, 2.45) is 0 Å². The first-order chi connectivity index (χ1) is 13.3. The van der Waals surface area contributed by atoms with Crippen molar-refractivity contribution in [1.29, 1.82) is 0 Å². The molecule has 0 heterocycles. The second kappa shape index (κ2) is 9.77. The molecule has 2 rings (SSSR count). The number of hydrogen-bond donors (Lipinski definition) is 2. The Bertz CT molecular complexity index is 941. The van der Waals surface area contributed by atoms with E-state index in [-0.39, 0.29) is 29.4 Å². The molecule has 28 heavy (non-hydrogen) atoms. The first kappa shape index (κ1) is 21.3. The average molecular weight is 406 g/mol. The Hall–Kier alpha value is -3.04. The Morgan fingerprint density at radius 2 is 1.71 bits per heavy atom. The van der Waals surface area contributed by atoms with Crippen molar-refractivity contribution in [3.05, 3.63) is 78.1 Å². The Labute approximate surface area is 162 Å². The molecular weight excluding hydrogens is 387 g/mol. The molecule has 0 fully saturated rings. The fraction of sp³-hybridized carbons (Fsp3) is 0.158. The normalized spacial score (nSPS) is 10.9. The van der Waals surface area contributed by atoms with Gasteiger partial charge in [0, 0.05) is 13.1 Å². The zero-order valence-electron chi connectivity index (χ0n) is 14.9. The largest absolute Gasteiger partial charge is 0.452 e. The molecule has 0 aliphatic carbocycles. The first-order valence-corrected chi connectivity index (χ1v) is 9.69. The van der Waals surface area contributed by atoms with Gasteiger partial charge in [-0.2, -0.15) is 0 Å². The molecule has 0 aliphatic heterocycles. The summed E-state index contributed by atoms with van der Waals surface area (Å²) in [6.07, 6.45) is 1.41. The highest BCUT2D eigenvalue weighted by molar-refractivity contribution is 7.89. The number of hydrogen-bond acceptors (Lipinski definition) is 5. The summed E-state index contributed by atoms with van der Waals surface area (Å²) in [5.74, 6) is -1.66. The van der Waals surface area contributed by atoms with Gasteiger partial charge in [-0.15, -0.1) is 6.58 Å². The van der Waals surface area contributed by atoms with Crippen molar-refractivity contribution < 1.29 is 27.1 Å². The molecule has 0 bridgehead atoms. The summed E-state index contributed by atoms with van der Waals surface area (Å²) in [7, 11) is -3.69. The van der Waals surface area contributed by atoms with E-state index in [1.54, 1.807) is 0 Å². The van der Waals surface area contributed by atoms with Crippen molar-refractivity contribution in [2.75, 3.05) is 13.2 Å². The number of esters is 1. The van der Waals surface area contributed by atoms with Gasteiger partial charge in [0.2, 0.25) is 10.0 Å². The molecule has 2 aromatic carbocycles. The Balaban J connectivity index is 1.84. The standard InChI is InChI=1S/C19H19FN2O5S/c1-2-11-22-28(25,26)17-9-5-15(6-10-17)19(24)27-13-18(23)21-12-14-3-7-16(20)8-4-14/h2-10,22H,1,11-13H2,(H,21,23). The number of rotatable bonds is 9. The van der Waals surface area contributed by atoms with Gasteiger partial charge in [-0.05, 0) is 42.0 Å². The smallest absolute Gasteiger partial charge is 0.338 e. The van der Waals surface area contributed by atoms with Crippen LogP contribution in [0.3, 0.4) is 0 Å². The first-order valence-electron chi connectivity index (χ1n) is 8.21. The van der Waals surface area contributed by atoms with Gasteiger partial charge in [0.15, 0.2) is 6.61 Å². The number of benzene rings is 2. The number of nitrogens with one attached hydrogen (secondary N) is 2. The van der Waals surface area contributed by atoms with Crippen LogP contribution < -0.4 is 10.0 Å². The third kappa shape index (κ3) is 6.29. The monoisotopic (exact) mass is 406 g/mol. The molecule has 0 radical (unpaired) electrons. The van der Waals surface area contributed by atoms with E-state index in [2.05, 4.69) is 16.6 Å². The fourth-order valence-corrected chi connectivity index (χ4v) is 3.09. The van der Waals surface area contributed by atoms with E-state index >= 15 is 0 Å². The number of halogens is 1. The molecule has 7 nitrogen and oxygen atoms in total. The highest BCUT2D eigenvalue weighted by Crippen LogP contribution is 2.11. The van der Waals surface area contributed by atoms with Gasteiger partial charge < -0.3 is 10.1 Å². The van der Waals surface area contributed by atoms with E-state index in [0.29, 0.717) is 5.56 Å². The van der Waals surface area contributed by atoms with Crippen LogP contribution in [0.4, 0.5) is 4.39 Å². The zero-order valence-corrected chi connectivity index (χ0v) is 15.7. The number of ether oxygens (including phenoxy) is 1. The SMILES string of the molecule is C=CCNS(=O)(=O)c1ccc(C(=O)OCC(=O)NCc2ccc(F)cc2)cc1. The van der Waals surface area contributed by atoms with Gasteiger partial charge in [-0.25, -0.2) is 22.3 Å². The van der Waals surface area contributed by atoms with Crippen LogP contribution in [0.1, 0.15) is 15.9 Å². The highest BCUT2D eigenvalue weighted by atomic mass is 32.2. The maximum absolute atomic E-state index is 12.8. The lowest BCUT2D eigenvalue weighted by atomic mass is 10.2. The summed E-state index contributed by atoms with van der Waals surface area (Å²) < 4.78 is 43.9. The van der Waals surface area contributed by atoms with E-state index in [1.807, 2.05) is 0 Å². The third-order valence-electron chi connectivity index (χ3n) is 3.56. The highest BCUT2D eigenvalue weighted by Gasteiger charge is 2.15. The van der Waals surface area contributed by atoms with Crippen LogP contribution in [-0.4, -0.2) is 33.4 Å². The second-order valence-electron chi connectivity index (χ2n) is 5.64. The van der Waals surface area contributed by atoms with Gasteiger partial charge in [0.1, 0.15) is 5.82 Å². The minimum absolute atomic E-state index is 0.0112. The summed E-state index contributed by atoms with van der Waals surface area (Å²) in [5.41, 5.74) is 0.803. The number of amides is 1.